The Hall–Kier alpha value is -1.72. The van der Waals surface area contributed by atoms with Crippen LogP contribution in [0.2, 0.25) is 0 Å². The van der Waals surface area contributed by atoms with Crippen molar-refractivity contribution in [1.29, 1.82) is 0 Å². The van der Waals surface area contributed by atoms with Crippen LogP contribution in [0.1, 0.15) is 34.1 Å². The average Bonchev–Trinajstić information content (AvgIpc) is 2.62. The van der Waals surface area contributed by atoms with Gasteiger partial charge < -0.3 is 0 Å². The van der Waals surface area contributed by atoms with Crippen molar-refractivity contribution in [3.63, 3.8) is 0 Å². The standard InChI is InChI=1S/C14H19FN4/c1-8-5-9(2)13(11(15)6-8)14(17-16)12-7-10(3)18-19(12)4/h5-7,14,17H,16H2,1-4H3. The van der Waals surface area contributed by atoms with Gasteiger partial charge in [-0.05, 0) is 44.0 Å². The van der Waals surface area contributed by atoms with E-state index in [9.17, 15) is 4.39 Å². The minimum Gasteiger partial charge on any atom is -0.271 e. The molecule has 1 aromatic carbocycles. The van der Waals surface area contributed by atoms with Crippen LogP contribution >= 0.6 is 0 Å². The smallest absolute Gasteiger partial charge is 0.128 e. The molecule has 3 N–H and O–H groups in total. The third-order valence-electron chi connectivity index (χ3n) is 3.27. The molecule has 2 rings (SSSR count). The normalized spacial score (nSPS) is 12.7. The van der Waals surface area contributed by atoms with Gasteiger partial charge in [0.2, 0.25) is 0 Å². The van der Waals surface area contributed by atoms with E-state index < -0.39 is 6.04 Å². The minimum absolute atomic E-state index is 0.251. The molecular formula is C14H19FN4. The largest absolute Gasteiger partial charge is 0.271 e. The summed E-state index contributed by atoms with van der Waals surface area (Å²) in [6, 6.07) is 4.97. The van der Waals surface area contributed by atoms with Crippen molar-refractivity contribution in [2.45, 2.75) is 26.8 Å². The molecule has 0 amide bonds. The molecule has 0 spiro atoms. The number of hydrazine groups is 1. The van der Waals surface area contributed by atoms with E-state index >= 15 is 0 Å². The van der Waals surface area contributed by atoms with Gasteiger partial charge in [-0.2, -0.15) is 5.10 Å². The predicted molar refractivity (Wildman–Crippen MR) is 73.0 cm³/mol. The second kappa shape index (κ2) is 5.11. The number of hydrogen-bond acceptors (Lipinski definition) is 3. The van der Waals surface area contributed by atoms with Gasteiger partial charge >= 0.3 is 0 Å². The maximum atomic E-state index is 14.2. The Morgan fingerprint density at radius 3 is 2.42 bits per heavy atom. The summed E-state index contributed by atoms with van der Waals surface area (Å²) in [5.41, 5.74) is 6.74. The van der Waals surface area contributed by atoms with Crippen molar-refractivity contribution in [3.8, 4) is 0 Å². The molecule has 0 saturated heterocycles. The van der Waals surface area contributed by atoms with Crippen LogP contribution in [-0.2, 0) is 7.05 Å². The molecule has 19 heavy (non-hydrogen) atoms. The number of halogens is 1. The van der Waals surface area contributed by atoms with Crippen molar-refractivity contribution in [3.05, 3.63) is 52.1 Å². The quantitative estimate of drug-likeness (QED) is 0.657. The second-order valence-corrected chi connectivity index (χ2v) is 4.91. The third kappa shape index (κ3) is 2.52. The molecule has 0 aliphatic rings. The molecule has 1 atom stereocenters. The summed E-state index contributed by atoms with van der Waals surface area (Å²) in [5.74, 6) is 5.38. The van der Waals surface area contributed by atoms with Gasteiger partial charge in [-0.3, -0.25) is 10.5 Å². The van der Waals surface area contributed by atoms with Crippen molar-refractivity contribution in [2.24, 2.45) is 12.9 Å². The minimum atomic E-state index is -0.410. The molecule has 0 fully saturated rings. The Labute approximate surface area is 112 Å². The SMILES string of the molecule is Cc1cc(C)c(C(NN)c2cc(C)nn2C)c(F)c1. The van der Waals surface area contributed by atoms with Crippen LogP contribution in [0.5, 0.6) is 0 Å². The second-order valence-electron chi connectivity index (χ2n) is 4.91. The van der Waals surface area contributed by atoms with Crippen LogP contribution in [-0.4, -0.2) is 9.78 Å². The fraction of sp³-hybridized carbons (Fsp3) is 0.357. The maximum absolute atomic E-state index is 14.2. The number of benzene rings is 1. The van der Waals surface area contributed by atoms with Crippen LogP contribution in [0.3, 0.4) is 0 Å². The summed E-state index contributed by atoms with van der Waals surface area (Å²) in [4.78, 5) is 0. The highest BCUT2D eigenvalue weighted by Gasteiger charge is 2.22. The first-order chi connectivity index (χ1) is 8.93. The Kier molecular flexibility index (Phi) is 3.68. The molecule has 1 unspecified atom stereocenters. The zero-order valence-corrected chi connectivity index (χ0v) is 11.7. The summed E-state index contributed by atoms with van der Waals surface area (Å²) in [7, 11) is 1.83. The lowest BCUT2D eigenvalue weighted by Crippen LogP contribution is -2.31. The summed E-state index contributed by atoms with van der Waals surface area (Å²) in [6.07, 6.45) is 0. The van der Waals surface area contributed by atoms with Gasteiger partial charge in [0, 0.05) is 12.6 Å². The monoisotopic (exact) mass is 262 g/mol. The van der Waals surface area contributed by atoms with Crippen LogP contribution < -0.4 is 11.3 Å². The highest BCUT2D eigenvalue weighted by molar-refractivity contribution is 5.38. The first-order valence-corrected chi connectivity index (χ1v) is 6.17. The zero-order valence-electron chi connectivity index (χ0n) is 11.7. The Balaban J connectivity index is 2.57. The fourth-order valence-corrected chi connectivity index (χ4v) is 2.51. The molecular weight excluding hydrogens is 243 g/mol. The predicted octanol–water partition coefficient (Wildman–Crippen LogP) is 2.04. The van der Waals surface area contributed by atoms with Gasteiger partial charge in [0.15, 0.2) is 0 Å². The van der Waals surface area contributed by atoms with Crippen LogP contribution in [0.25, 0.3) is 0 Å². The highest BCUT2D eigenvalue weighted by atomic mass is 19.1. The van der Waals surface area contributed by atoms with Crippen LogP contribution in [0.4, 0.5) is 4.39 Å². The van der Waals surface area contributed by atoms with Gasteiger partial charge in [-0.1, -0.05) is 6.07 Å². The lowest BCUT2D eigenvalue weighted by atomic mass is 9.96. The van der Waals surface area contributed by atoms with Gasteiger partial charge in [0.1, 0.15) is 5.82 Å². The topological polar surface area (TPSA) is 55.9 Å². The van der Waals surface area contributed by atoms with Crippen LogP contribution in [0.15, 0.2) is 18.2 Å². The van der Waals surface area contributed by atoms with Crippen molar-refractivity contribution < 1.29 is 4.39 Å². The maximum Gasteiger partial charge on any atom is 0.128 e. The molecule has 2 aromatic rings. The van der Waals surface area contributed by atoms with E-state index in [0.717, 1.165) is 22.5 Å². The number of aromatic nitrogens is 2. The Morgan fingerprint density at radius 2 is 1.95 bits per heavy atom. The van der Waals surface area contributed by atoms with E-state index in [1.807, 2.05) is 40.0 Å². The molecule has 0 aliphatic carbocycles. The third-order valence-corrected chi connectivity index (χ3v) is 3.27. The number of rotatable bonds is 3. The van der Waals surface area contributed by atoms with Crippen LogP contribution in [0, 0.1) is 26.6 Å². The van der Waals surface area contributed by atoms with Gasteiger partial charge in [0.05, 0.1) is 17.4 Å². The highest BCUT2D eigenvalue weighted by Crippen LogP contribution is 2.28. The van der Waals surface area contributed by atoms with Crippen molar-refractivity contribution >= 4 is 0 Å². The van der Waals surface area contributed by atoms with E-state index in [1.165, 1.54) is 6.07 Å². The van der Waals surface area contributed by atoms with Gasteiger partial charge in [0.25, 0.3) is 0 Å². The molecule has 4 nitrogen and oxygen atoms in total. The number of nitrogens with zero attached hydrogens (tertiary/aromatic N) is 2. The van der Waals surface area contributed by atoms with E-state index in [4.69, 9.17) is 5.84 Å². The van der Waals surface area contributed by atoms with E-state index in [1.54, 1.807) is 4.68 Å². The molecule has 1 heterocycles. The molecule has 0 bridgehead atoms. The van der Waals surface area contributed by atoms with Crippen molar-refractivity contribution in [2.75, 3.05) is 0 Å². The molecule has 1 aromatic heterocycles. The van der Waals surface area contributed by atoms with E-state index in [2.05, 4.69) is 10.5 Å². The lowest BCUT2D eigenvalue weighted by Gasteiger charge is -2.20. The molecule has 0 saturated carbocycles. The zero-order chi connectivity index (χ0) is 14.2. The molecule has 5 heteroatoms. The Bertz CT molecular complexity index is 580. The van der Waals surface area contributed by atoms with E-state index in [0.29, 0.717) is 5.56 Å². The summed E-state index contributed by atoms with van der Waals surface area (Å²) < 4.78 is 16.0. The fourth-order valence-electron chi connectivity index (χ4n) is 2.51. The van der Waals surface area contributed by atoms with Gasteiger partial charge in [-0.25, -0.2) is 9.82 Å². The summed E-state index contributed by atoms with van der Waals surface area (Å²) >= 11 is 0. The Morgan fingerprint density at radius 1 is 1.26 bits per heavy atom. The number of nitrogens with one attached hydrogen (secondary N) is 1. The molecule has 102 valence electrons. The molecule has 0 aliphatic heterocycles. The summed E-state index contributed by atoms with van der Waals surface area (Å²) in [6.45, 7) is 5.66. The number of nitrogens with two attached hydrogens (primary N) is 1. The average molecular weight is 262 g/mol. The number of aryl methyl sites for hydroxylation is 4. The summed E-state index contributed by atoms with van der Waals surface area (Å²) in [5, 5.41) is 4.28. The first kappa shape index (κ1) is 13.7. The first-order valence-electron chi connectivity index (χ1n) is 6.17. The number of hydrogen-bond donors (Lipinski definition) is 2. The van der Waals surface area contributed by atoms with Crippen molar-refractivity contribution in [1.82, 2.24) is 15.2 Å². The van der Waals surface area contributed by atoms with E-state index in [-0.39, 0.29) is 5.82 Å². The van der Waals surface area contributed by atoms with Gasteiger partial charge in [-0.15, -0.1) is 0 Å². The molecule has 0 radical (unpaired) electrons. The lowest BCUT2D eigenvalue weighted by molar-refractivity contribution is 0.529.